The van der Waals surface area contributed by atoms with E-state index >= 15 is 0 Å². The van der Waals surface area contributed by atoms with Gasteiger partial charge < -0.3 is 5.32 Å². The number of hydrogen-bond acceptors (Lipinski definition) is 6. The quantitative estimate of drug-likeness (QED) is 0.528. The van der Waals surface area contributed by atoms with Crippen LogP contribution in [0.5, 0.6) is 0 Å². The molecule has 0 spiro atoms. The van der Waals surface area contributed by atoms with Crippen molar-refractivity contribution in [2.75, 3.05) is 12.3 Å². The third-order valence-electron chi connectivity index (χ3n) is 3.11. The molecule has 1 aromatic heterocycles. The average molecular weight is 310 g/mol. The highest BCUT2D eigenvalue weighted by molar-refractivity contribution is 7.99. The van der Waals surface area contributed by atoms with E-state index in [-0.39, 0.29) is 5.41 Å². The van der Waals surface area contributed by atoms with Gasteiger partial charge in [0, 0.05) is 18.3 Å². The Bertz CT molecular complexity index is 449. The zero-order chi connectivity index (χ0) is 15.7. The molecule has 0 saturated carbocycles. The molecule has 0 aliphatic rings. The summed E-state index contributed by atoms with van der Waals surface area (Å²) in [7, 11) is 0. The lowest BCUT2D eigenvalue weighted by molar-refractivity contribution is 0.433. The fourth-order valence-corrected chi connectivity index (χ4v) is 2.69. The smallest absolute Gasteiger partial charge is 0.209 e. The molecular weight excluding hydrogens is 284 g/mol. The topological polar surface area (TPSA) is 79.4 Å². The minimum atomic E-state index is -0.214. The highest BCUT2D eigenvalue weighted by Gasteiger charge is 2.15. The minimum absolute atomic E-state index is 0.214. The Morgan fingerprint density at radius 2 is 2.14 bits per heavy atom. The second-order valence-electron chi connectivity index (χ2n) is 6.09. The summed E-state index contributed by atoms with van der Waals surface area (Å²) >= 11 is 1.69. The first-order valence-electron chi connectivity index (χ1n) is 7.48. The van der Waals surface area contributed by atoms with Crippen LogP contribution in [0.2, 0.25) is 0 Å². The molecule has 0 atom stereocenters. The summed E-state index contributed by atoms with van der Waals surface area (Å²) in [6.07, 6.45) is 3.07. The van der Waals surface area contributed by atoms with Gasteiger partial charge in [0.25, 0.3) is 0 Å². The third kappa shape index (κ3) is 7.44. The van der Waals surface area contributed by atoms with Gasteiger partial charge in [-0.05, 0) is 37.1 Å². The van der Waals surface area contributed by atoms with Crippen molar-refractivity contribution in [3.8, 4) is 6.07 Å². The van der Waals surface area contributed by atoms with Gasteiger partial charge in [-0.2, -0.15) is 5.26 Å². The molecule has 0 radical (unpaired) electrons. The number of unbranched alkanes of at least 4 members (excludes halogenated alkanes) is 1. The molecule has 0 aliphatic carbocycles. The first-order chi connectivity index (χ1) is 9.94. The van der Waals surface area contributed by atoms with E-state index in [0.717, 1.165) is 43.3 Å². The van der Waals surface area contributed by atoms with Gasteiger partial charge in [0.15, 0.2) is 0 Å². The second-order valence-corrected chi connectivity index (χ2v) is 7.16. The van der Waals surface area contributed by atoms with Gasteiger partial charge in [-0.15, -0.1) is 5.10 Å². The van der Waals surface area contributed by atoms with Gasteiger partial charge in [0.2, 0.25) is 5.16 Å². The maximum atomic E-state index is 8.97. The van der Waals surface area contributed by atoms with E-state index in [4.69, 9.17) is 5.26 Å². The van der Waals surface area contributed by atoms with E-state index in [2.05, 4.69) is 40.8 Å². The van der Waals surface area contributed by atoms with Crippen molar-refractivity contribution >= 4 is 11.8 Å². The molecule has 1 rings (SSSR count). The van der Waals surface area contributed by atoms with Gasteiger partial charge in [0.1, 0.15) is 0 Å². The summed E-state index contributed by atoms with van der Waals surface area (Å²) in [4.78, 5) is 0. The van der Waals surface area contributed by atoms with Crippen molar-refractivity contribution in [2.24, 2.45) is 5.41 Å². The number of nitrogens with zero attached hydrogens (tertiary/aromatic N) is 5. The summed E-state index contributed by atoms with van der Waals surface area (Å²) in [6, 6.07) is 2.81. The zero-order valence-corrected chi connectivity index (χ0v) is 14.3. The Balaban J connectivity index is 2.24. The molecular formula is C14H26N6S. The number of tetrazole rings is 1. The van der Waals surface area contributed by atoms with E-state index in [0.29, 0.717) is 6.04 Å². The van der Waals surface area contributed by atoms with Crippen molar-refractivity contribution in [2.45, 2.75) is 64.7 Å². The van der Waals surface area contributed by atoms with Gasteiger partial charge in [-0.25, -0.2) is 4.68 Å². The molecule has 6 nitrogen and oxygen atoms in total. The Hall–Kier alpha value is -1.13. The van der Waals surface area contributed by atoms with Crippen LogP contribution in [0, 0.1) is 16.7 Å². The zero-order valence-electron chi connectivity index (χ0n) is 13.5. The molecule has 7 heteroatoms. The molecule has 118 valence electrons. The lowest BCUT2D eigenvalue weighted by Gasteiger charge is -2.13. The maximum absolute atomic E-state index is 8.97. The summed E-state index contributed by atoms with van der Waals surface area (Å²) in [5, 5.41) is 25.0. The molecule has 1 heterocycles. The van der Waals surface area contributed by atoms with Crippen LogP contribution in [-0.4, -0.2) is 38.5 Å². The van der Waals surface area contributed by atoms with E-state index < -0.39 is 0 Å². The van der Waals surface area contributed by atoms with Gasteiger partial charge in [-0.3, -0.25) is 0 Å². The van der Waals surface area contributed by atoms with Gasteiger partial charge in [0.05, 0.1) is 18.0 Å². The fourth-order valence-electron chi connectivity index (χ4n) is 1.79. The standard InChI is InChI=1S/C14H26N6S/c1-12(2)16-8-9-20-13(17-18-19-20)21-10-6-5-7-14(3,4)11-15/h12,16H,5-10H2,1-4H3. The average Bonchev–Trinajstić information content (AvgIpc) is 2.85. The maximum Gasteiger partial charge on any atom is 0.209 e. The Labute approximate surface area is 131 Å². The number of nitrogens with one attached hydrogen (secondary N) is 1. The van der Waals surface area contributed by atoms with Crippen LogP contribution < -0.4 is 5.32 Å². The largest absolute Gasteiger partial charge is 0.313 e. The van der Waals surface area contributed by atoms with Crippen LogP contribution in [0.3, 0.4) is 0 Å². The summed E-state index contributed by atoms with van der Waals surface area (Å²) in [6.45, 7) is 9.88. The first-order valence-corrected chi connectivity index (χ1v) is 8.47. The van der Waals surface area contributed by atoms with E-state index in [1.165, 1.54) is 0 Å². The molecule has 1 N–H and O–H groups in total. The number of thioether (sulfide) groups is 1. The highest BCUT2D eigenvalue weighted by Crippen LogP contribution is 2.23. The number of hydrogen-bond donors (Lipinski definition) is 1. The predicted octanol–water partition coefficient (Wildman–Crippen LogP) is 2.48. The van der Waals surface area contributed by atoms with Crippen molar-refractivity contribution in [1.29, 1.82) is 5.26 Å². The molecule has 0 saturated heterocycles. The van der Waals surface area contributed by atoms with Crippen LogP contribution in [0.4, 0.5) is 0 Å². The molecule has 0 amide bonds. The minimum Gasteiger partial charge on any atom is -0.313 e. The second kappa shape index (κ2) is 9.00. The van der Waals surface area contributed by atoms with Crippen LogP contribution >= 0.6 is 11.8 Å². The van der Waals surface area contributed by atoms with Crippen LogP contribution in [0.1, 0.15) is 47.0 Å². The van der Waals surface area contributed by atoms with E-state index in [1.54, 1.807) is 11.8 Å². The molecule has 0 aromatic carbocycles. The molecule has 21 heavy (non-hydrogen) atoms. The van der Waals surface area contributed by atoms with Crippen LogP contribution in [-0.2, 0) is 6.54 Å². The monoisotopic (exact) mass is 310 g/mol. The third-order valence-corrected chi connectivity index (χ3v) is 4.15. The SMILES string of the molecule is CC(C)NCCn1nnnc1SCCCCC(C)(C)C#N. The van der Waals surface area contributed by atoms with Gasteiger partial charge >= 0.3 is 0 Å². The Morgan fingerprint density at radius 3 is 2.81 bits per heavy atom. The first kappa shape index (κ1) is 17.9. The summed E-state index contributed by atoms with van der Waals surface area (Å²) in [5.41, 5.74) is -0.214. The molecule has 0 bridgehead atoms. The summed E-state index contributed by atoms with van der Waals surface area (Å²) < 4.78 is 1.85. The van der Waals surface area contributed by atoms with Crippen molar-refractivity contribution in [3.05, 3.63) is 0 Å². The molecule has 0 aliphatic heterocycles. The Morgan fingerprint density at radius 1 is 1.38 bits per heavy atom. The number of aromatic nitrogens is 4. The van der Waals surface area contributed by atoms with Gasteiger partial charge in [-0.1, -0.05) is 32.0 Å². The van der Waals surface area contributed by atoms with Crippen molar-refractivity contribution in [3.63, 3.8) is 0 Å². The van der Waals surface area contributed by atoms with Crippen molar-refractivity contribution in [1.82, 2.24) is 25.5 Å². The molecule has 0 unspecified atom stereocenters. The van der Waals surface area contributed by atoms with Crippen molar-refractivity contribution < 1.29 is 0 Å². The number of nitriles is 1. The predicted molar refractivity (Wildman–Crippen MR) is 84.9 cm³/mol. The number of rotatable bonds is 10. The van der Waals surface area contributed by atoms with Crippen LogP contribution in [0.25, 0.3) is 0 Å². The molecule has 0 fully saturated rings. The highest BCUT2D eigenvalue weighted by atomic mass is 32.2. The van der Waals surface area contributed by atoms with E-state index in [1.807, 2.05) is 18.5 Å². The van der Waals surface area contributed by atoms with Crippen LogP contribution in [0.15, 0.2) is 5.16 Å². The van der Waals surface area contributed by atoms with E-state index in [9.17, 15) is 0 Å². The molecule has 1 aromatic rings. The normalized spacial score (nSPS) is 11.8. The fraction of sp³-hybridized carbons (Fsp3) is 0.857. The lowest BCUT2D eigenvalue weighted by Crippen LogP contribution is -2.27. The Kier molecular flexibility index (Phi) is 7.68. The lowest BCUT2D eigenvalue weighted by atomic mass is 9.89. The summed E-state index contributed by atoms with van der Waals surface area (Å²) in [5.74, 6) is 0.986.